The van der Waals surface area contributed by atoms with Gasteiger partial charge in [-0.2, -0.15) is 0 Å². The largest absolute Gasteiger partial charge is 0.396 e. The van der Waals surface area contributed by atoms with Crippen molar-refractivity contribution in [3.63, 3.8) is 0 Å². The highest BCUT2D eigenvalue weighted by Crippen LogP contribution is 2.27. The molecule has 0 saturated heterocycles. The predicted molar refractivity (Wildman–Crippen MR) is 54.4 cm³/mol. The van der Waals surface area contributed by atoms with Gasteiger partial charge in [0.05, 0.1) is 16.6 Å². The summed E-state index contributed by atoms with van der Waals surface area (Å²) in [7, 11) is 0. The number of aliphatic hydroxyl groups is 2. The standard InChI is InChI=1S/C10H13NO4/c12-7-3-6-10(13)8-4-1-2-5-9(8)11(14)15/h1-2,4-5,10,12-13H,3,6-7H2. The third-order valence-corrected chi connectivity index (χ3v) is 2.13. The minimum absolute atomic E-state index is 0.0301. The quantitative estimate of drug-likeness (QED) is 0.569. The summed E-state index contributed by atoms with van der Waals surface area (Å²) in [6.07, 6.45) is -0.145. The lowest BCUT2D eigenvalue weighted by Gasteiger charge is -2.09. The first-order chi connectivity index (χ1) is 7.16. The van der Waals surface area contributed by atoms with E-state index in [1.165, 1.54) is 12.1 Å². The number of hydrogen-bond donors (Lipinski definition) is 2. The zero-order valence-electron chi connectivity index (χ0n) is 8.17. The van der Waals surface area contributed by atoms with E-state index in [0.29, 0.717) is 18.4 Å². The Kier molecular flexibility index (Phi) is 4.20. The molecule has 1 aromatic rings. The van der Waals surface area contributed by atoms with E-state index in [2.05, 4.69) is 0 Å². The molecule has 5 heteroatoms. The fraction of sp³-hybridized carbons (Fsp3) is 0.400. The molecule has 1 aromatic carbocycles. The lowest BCUT2D eigenvalue weighted by Crippen LogP contribution is -2.03. The number of benzene rings is 1. The molecular formula is C10H13NO4. The van der Waals surface area contributed by atoms with Crippen molar-refractivity contribution in [2.75, 3.05) is 6.61 Å². The Hall–Kier alpha value is -1.46. The molecule has 0 heterocycles. The Morgan fingerprint density at radius 2 is 2.07 bits per heavy atom. The highest BCUT2D eigenvalue weighted by molar-refractivity contribution is 5.41. The van der Waals surface area contributed by atoms with Crippen LogP contribution in [0.4, 0.5) is 5.69 Å². The van der Waals surface area contributed by atoms with Crippen molar-refractivity contribution < 1.29 is 15.1 Å². The highest BCUT2D eigenvalue weighted by atomic mass is 16.6. The van der Waals surface area contributed by atoms with E-state index in [9.17, 15) is 15.2 Å². The van der Waals surface area contributed by atoms with Crippen LogP contribution in [-0.2, 0) is 0 Å². The Labute approximate surface area is 87.1 Å². The fourth-order valence-corrected chi connectivity index (χ4v) is 1.38. The van der Waals surface area contributed by atoms with Crippen LogP contribution in [-0.4, -0.2) is 21.7 Å². The molecule has 1 unspecified atom stereocenters. The molecule has 0 fully saturated rings. The molecular weight excluding hydrogens is 198 g/mol. The molecule has 0 radical (unpaired) electrons. The number of aliphatic hydroxyl groups excluding tert-OH is 2. The van der Waals surface area contributed by atoms with Crippen molar-refractivity contribution in [2.24, 2.45) is 0 Å². The lowest BCUT2D eigenvalue weighted by atomic mass is 10.0. The van der Waals surface area contributed by atoms with Crippen molar-refractivity contribution in [2.45, 2.75) is 18.9 Å². The maximum atomic E-state index is 10.6. The molecule has 0 aliphatic carbocycles. The third kappa shape index (κ3) is 3.00. The summed E-state index contributed by atoms with van der Waals surface area (Å²) in [6, 6.07) is 6.09. The Morgan fingerprint density at radius 1 is 1.40 bits per heavy atom. The highest BCUT2D eigenvalue weighted by Gasteiger charge is 2.18. The van der Waals surface area contributed by atoms with E-state index in [1.54, 1.807) is 12.1 Å². The Bertz CT molecular complexity index is 340. The van der Waals surface area contributed by atoms with E-state index < -0.39 is 11.0 Å². The summed E-state index contributed by atoms with van der Waals surface area (Å²) in [5.74, 6) is 0. The molecule has 0 bridgehead atoms. The number of hydrogen-bond acceptors (Lipinski definition) is 4. The maximum absolute atomic E-state index is 10.6. The van der Waals surface area contributed by atoms with Crippen LogP contribution in [0.2, 0.25) is 0 Å². The van der Waals surface area contributed by atoms with Crippen molar-refractivity contribution in [1.29, 1.82) is 0 Å². The van der Waals surface area contributed by atoms with Gasteiger partial charge in [0.1, 0.15) is 0 Å². The topological polar surface area (TPSA) is 83.6 Å². The van der Waals surface area contributed by atoms with E-state index in [4.69, 9.17) is 5.11 Å². The Morgan fingerprint density at radius 3 is 2.67 bits per heavy atom. The van der Waals surface area contributed by atoms with Crippen LogP contribution in [0.3, 0.4) is 0 Å². The first kappa shape index (κ1) is 11.6. The van der Waals surface area contributed by atoms with Gasteiger partial charge in [-0.05, 0) is 18.9 Å². The zero-order valence-corrected chi connectivity index (χ0v) is 8.17. The number of para-hydroxylation sites is 1. The molecule has 15 heavy (non-hydrogen) atoms. The van der Waals surface area contributed by atoms with Crippen molar-refractivity contribution in [3.05, 3.63) is 39.9 Å². The smallest absolute Gasteiger partial charge is 0.275 e. The van der Waals surface area contributed by atoms with Crippen molar-refractivity contribution in [3.8, 4) is 0 Å². The van der Waals surface area contributed by atoms with Crippen molar-refractivity contribution in [1.82, 2.24) is 0 Å². The predicted octanol–water partition coefficient (Wildman–Crippen LogP) is 1.40. The lowest BCUT2D eigenvalue weighted by molar-refractivity contribution is -0.386. The SMILES string of the molecule is O=[N+]([O-])c1ccccc1C(O)CCCO. The number of nitro benzene ring substituents is 1. The summed E-state index contributed by atoms with van der Waals surface area (Å²) >= 11 is 0. The molecule has 2 N–H and O–H groups in total. The van der Waals surface area contributed by atoms with Crippen molar-refractivity contribution >= 4 is 5.69 Å². The van der Waals surface area contributed by atoms with Gasteiger partial charge in [-0.1, -0.05) is 12.1 Å². The average Bonchev–Trinajstić information content (AvgIpc) is 2.25. The molecule has 82 valence electrons. The minimum atomic E-state index is -0.890. The van der Waals surface area contributed by atoms with Gasteiger partial charge < -0.3 is 10.2 Å². The molecule has 0 aliphatic heterocycles. The zero-order chi connectivity index (χ0) is 11.3. The molecule has 0 saturated carbocycles. The third-order valence-electron chi connectivity index (χ3n) is 2.13. The van der Waals surface area contributed by atoms with Crippen LogP contribution in [0.5, 0.6) is 0 Å². The van der Waals surface area contributed by atoms with Gasteiger partial charge in [-0.25, -0.2) is 0 Å². The second-order valence-corrected chi connectivity index (χ2v) is 3.20. The van der Waals surface area contributed by atoms with Crippen LogP contribution >= 0.6 is 0 Å². The first-order valence-corrected chi connectivity index (χ1v) is 4.69. The number of nitro groups is 1. The summed E-state index contributed by atoms with van der Waals surface area (Å²) in [6.45, 7) is -0.0301. The number of rotatable bonds is 5. The normalized spacial score (nSPS) is 12.4. The van der Waals surface area contributed by atoms with Crippen LogP contribution < -0.4 is 0 Å². The van der Waals surface area contributed by atoms with Gasteiger partial charge in [-0.15, -0.1) is 0 Å². The first-order valence-electron chi connectivity index (χ1n) is 4.69. The molecule has 0 aliphatic rings. The molecule has 0 spiro atoms. The van der Waals surface area contributed by atoms with Gasteiger partial charge in [0.2, 0.25) is 0 Å². The molecule has 1 rings (SSSR count). The summed E-state index contributed by atoms with van der Waals surface area (Å²) < 4.78 is 0. The summed E-state index contributed by atoms with van der Waals surface area (Å²) in [5, 5.41) is 28.9. The Balaban J connectivity index is 2.87. The average molecular weight is 211 g/mol. The van der Waals surface area contributed by atoms with E-state index in [1.807, 2.05) is 0 Å². The van der Waals surface area contributed by atoms with Gasteiger partial charge in [0.15, 0.2) is 0 Å². The molecule has 0 aromatic heterocycles. The second-order valence-electron chi connectivity index (χ2n) is 3.20. The summed E-state index contributed by atoms with van der Waals surface area (Å²) in [4.78, 5) is 10.1. The van der Waals surface area contributed by atoms with Gasteiger partial charge in [0, 0.05) is 12.7 Å². The van der Waals surface area contributed by atoms with Gasteiger partial charge in [-0.3, -0.25) is 10.1 Å². The maximum Gasteiger partial charge on any atom is 0.275 e. The minimum Gasteiger partial charge on any atom is -0.396 e. The molecule has 1 atom stereocenters. The van der Waals surface area contributed by atoms with E-state index in [-0.39, 0.29) is 12.3 Å². The van der Waals surface area contributed by atoms with Crippen LogP contribution in [0.25, 0.3) is 0 Å². The molecule has 5 nitrogen and oxygen atoms in total. The van der Waals surface area contributed by atoms with Gasteiger partial charge in [0.25, 0.3) is 5.69 Å². The van der Waals surface area contributed by atoms with Crippen LogP contribution in [0.1, 0.15) is 24.5 Å². The van der Waals surface area contributed by atoms with Crippen LogP contribution in [0, 0.1) is 10.1 Å². The van der Waals surface area contributed by atoms with E-state index >= 15 is 0 Å². The fourth-order valence-electron chi connectivity index (χ4n) is 1.38. The second kappa shape index (κ2) is 5.43. The molecule has 0 amide bonds. The van der Waals surface area contributed by atoms with Crippen LogP contribution in [0.15, 0.2) is 24.3 Å². The van der Waals surface area contributed by atoms with E-state index in [0.717, 1.165) is 0 Å². The monoisotopic (exact) mass is 211 g/mol. The van der Waals surface area contributed by atoms with Gasteiger partial charge >= 0.3 is 0 Å². The summed E-state index contributed by atoms with van der Waals surface area (Å²) in [5.41, 5.74) is 0.221. The number of nitrogens with zero attached hydrogens (tertiary/aromatic N) is 1.